The van der Waals surface area contributed by atoms with Crippen LogP contribution in [0.15, 0.2) is 29.6 Å². The van der Waals surface area contributed by atoms with E-state index in [0.29, 0.717) is 0 Å². The van der Waals surface area contributed by atoms with Crippen molar-refractivity contribution in [3.05, 3.63) is 34.7 Å². The Labute approximate surface area is 91.7 Å². The minimum Gasteiger partial charge on any atom is -0.286 e. The van der Waals surface area contributed by atoms with Crippen LogP contribution in [0.1, 0.15) is 0 Å². The molecule has 0 aliphatic heterocycles. The minimum absolute atomic E-state index is 0.743. The van der Waals surface area contributed by atoms with Crippen molar-refractivity contribution < 1.29 is 3.96 Å². The van der Waals surface area contributed by atoms with Crippen molar-refractivity contribution >= 4 is 29.0 Å². The van der Waals surface area contributed by atoms with Gasteiger partial charge in [0.05, 0.1) is 12.6 Å². The first-order valence-electron chi connectivity index (χ1n) is 4.18. The lowest BCUT2D eigenvalue weighted by atomic mass is 10.1. The summed E-state index contributed by atoms with van der Waals surface area (Å²) in [5, 5.41) is 2.78. The Morgan fingerprint density at radius 1 is 1.29 bits per heavy atom. The molecule has 1 aromatic carbocycles. The smallest absolute Gasteiger partial charge is 0.286 e. The maximum atomic E-state index is 5.91. The van der Waals surface area contributed by atoms with Gasteiger partial charge in [0.2, 0.25) is 0 Å². The van der Waals surface area contributed by atoms with Gasteiger partial charge in [0.25, 0.3) is 5.82 Å². The van der Waals surface area contributed by atoms with Gasteiger partial charge in [-0.2, -0.15) is 3.96 Å². The molecule has 0 unspecified atom stereocenters. The molecule has 2 N–H and O–H groups in total. The van der Waals surface area contributed by atoms with Gasteiger partial charge in [-0.25, -0.2) is 0 Å². The highest BCUT2D eigenvalue weighted by Gasteiger charge is 2.12. The highest BCUT2D eigenvalue weighted by atomic mass is 35.5. The third-order valence-corrected chi connectivity index (χ3v) is 3.21. The molecule has 72 valence electrons. The molecular formula is C10H10ClN2S+. The first kappa shape index (κ1) is 9.49. The number of aromatic nitrogens is 1. The summed E-state index contributed by atoms with van der Waals surface area (Å²) in [5.41, 5.74) is 8.08. The molecule has 1 heterocycles. The van der Waals surface area contributed by atoms with Gasteiger partial charge in [0.1, 0.15) is 0 Å². The Kier molecular flexibility index (Phi) is 2.44. The van der Waals surface area contributed by atoms with Crippen LogP contribution in [0.3, 0.4) is 0 Å². The third-order valence-electron chi connectivity index (χ3n) is 2.10. The van der Waals surface area contributed by atoms with Crippen LogP contribution in [0.25, 0.3) is 11.1 Å². The van der Waals surface area contributed by atoms with E-state index in [1.807, 2.05) is 40.6 Å². The number of benzene rings is 1. The van der Waals surface area contributed by atoms with Crippen molar-refractivity contribution in [2.45, 2.75) is 0 Å². The fourth-order valence-electron chi connectivity index (χ4n) is 1.26. The number of anilines is 1. The molecule has 2 aromatic rings. The molecule has 0 amide bonds. The summed E-state index contributed by atoms with van der Waals surface area (Å²) < 4.78 is 1.93. The van der Waals surface area contributed by atoms with Gasteiger partial charge in [0.15, 0.2) is 0 Å². The van der Waals surface area contributed by atoms with Crippen molar-refractivity contribution in [2.24, 2.45) is 7.05 Å². The Morgan fingerprint density at radius 2 is 1.93 bits per heavy atom. The molecule has 0 fully saturated rings. The standard InChI is InChI=1S/C10H9ClN2S/c1-13-10(12)9(6-14-13)7-2-4-8(11)5-3-7/h2-6,12H,1H3/p+1. The van der Waals surface area contributed by atoms with Gasteiger partial charge in [-0.15, -0.1) is 0 Å². The van der Waals surface area contributed by atoms with E-state index in [9.17, 15) is 0 Å². The predicted octanol–water partition coefficient (Wildman–Crippen LogP) is 2.48. The van der Waals surface area contributed by atoms with E-state index in [-0.39, 0.29) is 0 Å². The molecule has 2 nitrogen and oxygen atoms in total. The first-order valence-corrected chi connectivity index (χ1v) is 5.39. The SMILES string of the molecule is C[n+]1scc(-c2ccc(Cl)cc2)c1N. The van der Waals surface area contributed by atoms with Crippen LogP contribution in [0.5, 0.6) is 0 Å². The predicted molar refractivity (Wildman–Crippen MR) is 60.4 cm³/mol. The van der Waals surface area contributed by atoms with Crippen LogP contribution in [-0.4, -0.2) is 0 Å². The molecule has 0 aliphatic carbocycles. The van der Waals surface area contributed by atoms with E-state index >= 15 is 0 Å². The van der Waals surface area contributed by atoms with Crippen molar-refractivity contribution in [3.63, 3.8) is 0 Å². The summed E-state index contributed by atoms with van der Waals surface area (Å²) in [6.45, 7) is 0. The molecule has 0 saturated heterocycles. The Bertz CT molecular complexity index is 448. The molecule has 14 heavy (non-hydrogen) atoms. The second-order valence-corrected chi connectivity index (χ2v) is 4.46. The van der Waals surface area contributed by atoms with Crippen molar-refractivity contribution in [3.8, 4) is 11.1 Å². The maximum Gasteiger partial charge on any atom is 0.292 e. The topological polar surface area (TPSA) is 29.9 Å². The normalized spacial score (nSPS) is 10.4. The average Bonchev–Trinajstić information content (AvgIpc) is 2.50. The molecule has 1 aromatic heterocycles. The minimum atomic E-state index is 0.743. The monoisotopic (exact) mass is 225 g/mol. The van der Waals surface area contributed by atoms with E-state index in [1.54, 1.807) is 11.5 Å². The summed E-state index contributed by atoms with van der Waals surface area (Å²) in [6.07, 6.45) is 0. The lowest BCUT2D eigenvalue weighted by Crippen LogP contribution is -2.25. The van der Waals surface area contributed by atoms with Crippen molar-refractivity contribution in [1.82, 2.24) is 0 Å². The van der Waals surface area contributed by atoms with E-state index in [4.69, 9.17) is 17.3 Å². The van der Waals surface area contributed by atoms with Crippen LogP contribution in [-0.2, 0) is 7.05 Å². The maximum absolute atomic E-state index is 5.91. The lowest BCUT2D eigenvalue weighted by Gasteiger charge is -1.96. The van der Waals surface area contributed by atoms with E-state index in [2.05, 4.69) is 0 Å². The fourth-order valence-corrected chi connectivity index (χ4v) is 2.12. The average molecular weight is 226 g/mol. The van der Waals surface area contributed by atoms with Crippen LogP contribution >= 0.6 is 23.1 Å². The van der Waals surface area contributed by atoms with Crippen molar-refractivity contribution in [1.29, 1.82) is 0 Å². The quantitative estimate of drug-likeness (QED) is 0.743. The summed E-state index contributed by atoms with van der Waals surface area (Å²) >= 11 is 7.40. The highest BCUT2D eigenvalue weighted by Crippen LogP contribution is 2.26. The molecule has 2 rings (SSSR count). The molecular weight excluding hydrogens is 216 g/mol. The highest BCUT2D eigenvalue weighted by molar-refractivity contribution is 7.00. The number of nitrogens with zero attached hydrogens (tertiary/aromatic N) is 1. The number of nitrogen functional groups attached to an aromatic ring is 1. The lowest BCUT2D eigenvalue weighted by molar-refractivity contribution is -0.585. The molecule has 0 saturated carbocycles. The van der Waals surface area contributed by atoms with Crippen molar-refractivity contribution in [2.75, 3.05) is 5.73 Å². The number of hydrogen-bond donors (Lipinski definition) is 1. The zero-order valence-electron chi connectivity index (χ0n) is 7.70. The molecule has 0 atom stereocenters. The molecule has 0 spiro atoms. The van der Waals surface area contributed by atoms with Crippen LogP contribution in [0.2, 0.25) is 5.02 Å². The third kappa shape index (κ3) is 1.61. The summed E-state index contributed by atoms with van der Waals surface area (Å²) in [7, 11) is 1.94. The van der Waals surface area contributed by atoms with Crippen LogP contribution < -0.4 is 9.69 Å². The number of aryl methyl sites for hydroxylation is 1. The molecule has 0 bridgehead atoms. The number of hydrogen-bond acceptors (Lipinski definition) is 2. The second-order valence-electron chi connectivity index (χ2n) is 3.03. The van der Waals surface area contributed by atoms with Gasteiger partial charge in [0, 0.05) is 21.9 Å². The van der Waals surface area contributed by atoms with Gasteiger partial charge in [-0.05, 0) is 17.7 Å². The second kappa shape index (κ2) is 3.59. The molecule has 4 heteroatoms. The van der Waals surface area contributed by atoms with Gasteiger partial charge in [-0.1, -0.05) is 23.7 Å². The number of halogens is 1. The van der Waals surface area contributed by atoms with Gasteiger partial charge < -0.3 is 0 Å². The molecule has 0 radical (unpaired) electrons. The van der Waals surface area contributed by atoms with Crippen LogP contribution in [0, 0.1) is 0 Å². The summed E-state index contributed by atoms with van der Waals surface area (Å²) in [5.74, 6) is 0.789. The number of rotatable bonds is 1. The zero-order chi connectivity index (χ0) is 10.1. The zero-order valence-corrected chi connectivity index (χ0v) is 9.27. The Hall–Kier alpha value is -1.06. The summed E-state index contributed by atoms with van der Waals surface area (Å²) in [6, 6.07) is 7.68. The van der Waals surface area contributed by atoms with E-state index < -0.39 is 0 Å². The largest absolute Gasteiger partial charge is 0.292 e. The van der Waals surface area contributed by atoms with Gasteiger partial charge >= 0.3 is 0 Å². The Balaban J connectivity index is 2.49. The first-order chi connectivity index (χ1) is 6.68. The fraction of sp³-hybridized carbons (Fsp3) is 0.100. The van der Waals surface area contributed by atoms with Crippen LogP contribution in [0.4, 0.5) is 5.82 Å². The Morgan fingerprint density at radius 3 is 2.43 bits per heavy atom. The van der Waals surface area contributed by atoms with E-state index in [1.165, 1.54) is 0 Å². The van der Waals surface area contributed by atoms with E-state index in [0.717, 1.165) is 22.0 Å². The number of nitrogens with two attached hydrogens (primary N) is 1. The molecule has 0 aliphatic rings. The summed E-state index contributed by atoms with van der Waals surface area (Å²) in [4.78, 5) is 0. The van der Waals surface area contributed by atoms with Gasteiger partial charge in [-0.3, -0.25) is 5.73 Å².